The lowest BCUT2D eigenvalue weighted by Crippen LogP contribution is -2.37. The predicted octanol–water partition coefficient (Wildman–Crippen LogP) is 4.74. The van der Waals surface area contributed by atoms with Crippen molar-refractivity contribution in [3.05, 3.63) is 51.7 Å². The molecule has 3 aromatic rings. The number of aromatic nitrogens is 1. The minimum Gasteiger partial charge on any atom is -0.459 e. The van der Waals surface area contributed by atoms with Crippen LogP contribution in [0.3, 0.4) is 0 Å². The molecular weight excluding hydrogens is 504 g/mol. The number of nitrogens with zero attached hydrogens (tertiary/aromatic N) is 2. The molecule has 0 aliphatic heterocycles. The van der Waals surface area contributed by atoms with Crippen molar-refractivity contribution < 1.29 is 17.6 Å². The summed E-state index contributed by atoms with van der Waals surface area (Å²) in [6.07, 6.45) is -4.02. The third kappa shape index (κ3) is 5.37. The van der Waals surface area contributed by atoms with Crippen molar-refractivity contribution in [2.75, 3.05) is 13.6 Å². The Morgan fingerprint density at radius 1 is 1.25 bits per heavy atom. The molecule has 0 fully saturated rings. The minimum absolute atomic E-state index is 0. The SMILES string of the molecule is CN=C(NCCc1nc(C(F)(F)F)cs1)NCc1oc2ccccc2c1C.I. The van der Waals surface area contributed by atoms with Gasteiger partial charge in [0.05, 0.1) is 11.6 Å². The lowest BCUT2D eigenvalue weighted by atomic mass is 10.1. The van der Waals surface area contributed by atoms with Gasteiger partial charge in [0.25, 0.3) is 0 Å². The predicted molar refractivity (Wildman–Crippen MR) is 115 cm³/mol. The molecule has 2 N–H and O–H groups in total. The van der Waals surface area contributed by atoms with Gasteiger partial charge in [-0.1, -0.05) is 18.2 Å². The topological polar surface area (TPSA) is 62.5 Å². The first kappa shape index (κ1) is 22.5. The molecule has 5 nitrogen and oxygen atoms in total. The van der Waals surface area contributed by atoms with Crippen molar-refractivity contribution in [3.8, 4) is 0 Å². The molecule has 0 aliphatic rings. The molecule has 2 aromatic heterocycles. The van der Waals surface area contributed by atoms with E-state index in [-0.39, 0.29) is 24.0 Å². The van der Waals surface area contributed by atoms with Gasteiger partial charge in [-0.2, -0.15) is 13.2 Å². The summed E-state index contributed by atoms with van der Waals surface area (Å²) in [4.78, 5) is 7.73. The number of hydrogen-bond acceptors (Lipinski definition) is 4. The van der Waals surface area contributed by atoms with Crippen molar-refractivity contribution in [2.24, 2.45) is 4.99 Å². The van der Waals surface area contributed by atoms with E-state index in [1.165, 1.54) is 0 Å². The number of alkyl halides is 3. The van der Waals surface area contributed by atoms with Crippen LogP contribution >= 0.6 is 35.3 Å². The van der Waals surface area contributed by atoms with Crippen LogP contribution in [-0.2, 0) is 19.1 Å². The van der Waals surface area contributed by atoms with Crippen molar-refractivity contribution in [2.45, 2.75) is 26.1 Å². The van der Waals surface area contributed by atoms with Gasteiger partial charge in [-0.3, -0.25) is 4.99 Å². The molecule has 0 amide bonds. The summed E-state index contributed by atoms with van der Waals surface area (Å²) in [6.45, 7) is 2.87. The Labute approximate surface area is 181 Å². The molecule has 0 bridgehead atoms. The number of halogens is 4. The second-order valence-electron chi connectivity index (χ2n) is 5.87. The summed E-state index contributed by atoms with van der Waals surface area (Å²) >= 11 is 1.00. The number of thiazole rings is 1. The van der Waals surface area contributed by atoms with Crippen LogP contribution in [0.15, 0.2) is 39.1 Å². The Bertz CT molecular complexity index is 952. The molecule has 0 radical (unpaired) electrons. The maximum atomic E-state index is 12.6. The number of aliphatic imine (C=N–C) groups is 1. The summed E-state index contributed by atoms with van der Waals surface area (Å²) in [5, 5.41) is 8.76. The number of furan rings is 1. The highest BCUT2D eigenvalue weighted by molar-refractivity contribution is 14.0. The zero-order valence-corrected chi connectivity index (χ0v) is 18.4. The van der Waals surface area contributed by atoms with Crippen LogP contribution in [0.4, 0.5) is 13.2 Å². The van der Waals surface area contributed by atoms with Crippen LogP contribution in [0.1, 0.15) is 22.0 Å². The first-order valence-electron chi connectivity index (χ1n) is 8.31. The van der Waals surface area contributed by atoms with E-state index in [4.69, 9.17) is 4.42 Å². The number of hydrogen-bond donors (Lipinski definition) is 2. The normalized spacial score (nSPS) is 12.1. The molecule has 0 spiro atoms. The number of para-hydroxylation sites is 1. The van der Waals surface area contributed by atoms with Gasteiger partial charge in [0, 0.05) is 36.3 Å². The fraction of sp³-hybridized carbons (Fsp3) is 0.333. The number of guanidine groups is 1. The molecule has 0 aliphatic carbocycles. The summed E-state index contributed by atoms with van der Waals surface area (Å²) in [5.41, 5.74) is 1.06. The van der Waals surface area contributed by atoms with Crippen molar-refractivity contribution >= 4 is 52.2 Å². The second kappa shape index (κ2) is 9.59. The largest absolute Gasteiger partial charge is 0.459 e. The zero-order chi connectivity index (χ0) is 19.4. The Kier molecular flexibility index (Phi) is 7.70. The van der Waals surface area contributed by atoms with Gasteiger partial charge in [-0.05, 0) is 13.0 Å². The maximum Gasteiger partial charge on any atom is 0.434 e. The molecule has 3 rings (SSSR count). The average Bonchev–Trinajstić information content (AvgIpc) is 3.23. The number of aryl methyl sites for hydroxylation is 1. The third-order valence-corrected chi connectivity index (χ3v) is 4.96. The molecule has 0 unspecified atom stereocenters. The highest BCUT2D eigenvalue weighted by Crippen LogP contribution is 2.30. The van der Waals surface area contributed by atoms with E-state index < -0.39 is 11.9 Å². The summed E-state index contributed by atoms with van der Waals surface area (Å²) < 4.78 is 43.5. The Morgan fingerprint density at radius 2 is 2.00 bits per heavy atom. The van der Waals surface area contributed by atoms with E-state index in [1.54, 1.807) is 7.05 Å². The molecule has 1 aromatic carbocycles. The Balaban J connectivity index is 0.00000280. The van der Waals surface area contributed by atoms with Gasteiger partial charge in [0.15, 0.2) is 11.7 Å². The molecule has 0 atom stereocenters. The number of benzene rings is 1. The van der Waals surface area contributed by atoms with E-state index in [1.807, 2.05) is 31.2 Å². The standard InChI is InChI=1S/C18H19F3N4OS.HI/c1-11-12-5-3-4-6-13(12)26-14(11)9-24-17(22-2)23-8-7-16-25-15(10-27-16)18(19,20)21;/h3-6,10H,7-9H2,1-2H3,(H2,22,23,24);1H. The monoisotopic (exact) mass is 524 g/mol. The number of rotatable bonds is 5. The maximum absolute atomic E-state index is 12.6. The second-order valence-corrected chi connectivity index (χ2v) is 6.82. The van der Waals surface area contributed by atoms with E-state index in [9.17, 15) is 13.2 Å². The lowest BCUT2D eigenvalue weighted by Gasteiger charge is -2.10. The summed E-state index contributed by atoms with van der Waals surface area (Å²) in [6, 6.07) is 7.81. The van der Waals surface area contributed by atoms with Crippen LogP contribution in [-0.4, -0.2) is 24.5 Å². The van der Waals surface area contributed by atoms with Crippen LogP contribution in [0.5, 0.6) is 0 Å². The van der Waals surface area contributed by atoms with Crippen molar-refractivity contribution in [1.82, 2.24) is 15.6 Å². The van der Waals surface area contributed by atoms with E-state index >= 15 is 0 Å². The van der Waals surface area contributed by atoms with Crippen LogP contribution < -0.4 is 10.6 Å². The zero-order valence-electron chi connectivity index (χ0n) is 15.3. The van der Waals surface area contributed by atoms with Gasteiger partial charge < -0.3 is 15.1 Å². The van der Waals surface area contributed by atoms with Gasteiger partial charge in [0.1, 0.15) is 11.3 Å². The quantitative estimate of drug-likeness (QED) is 0.288. The molecule has 0 saturated heterocycles. The number of fused-ring (bicyclic) bond motifs is 1. The first-order valence-corrected chi connectivity index (χ1v) is 9.19. The third-order valence-electron chi connectivity index (χ3n) is 4.06. The van der Waals surface area contributed by atoms with Gasteiger partial charge in [-0.15, -0.1) is 35.3 Å². The fourth-order valence-corrected chi connectivity index (χ4v) is 3.43. The first-order chi connectivity index (χ1) is 12.9. The smallest absolute Gasteiger partial charge is 0.434 e. The lowest BCUT2D eigenvalue weighted by molar-refractivity contribution is -0.140. The van der Waals surface area contributed by atoms with Gasteiger partial charge >= 0.3 is 6.18 Å². The van der Waals surface area contributed by atoms with Gasteiger partial charge in [0.2, 0.25) is 0 Å². The molecule has 28 heavy (non-hydrogen) atoms. The van der Waals surface area contributed by atoms with Gasteiger partial charge in [-0.25, -0.2) is 4.98 Å². The molecule has 152 valence electrons. The van der Waals surface area contributed by atoms with E-state index in [0.29, 0.717) is 30.5 Å². The van der Waals surface area contributed by atoms with E-state index in [0.717, 1.165) is 39.0 Å². The van der Waals surface area contributed by atoms with Crippen molar-refractivity contribution in [1.29, 1.82) is 0 Å². The van der Waals surface area contributed by atoms with E-state index in [2.05, 4.69) is 20.6 Å². The molecule has 2 heterocycles. The fourth-order valence-electron chi connectivity index (χ4n) is 2.62. The van der Waals surface area contributed by atoms with Crippen molar-refractivity contribution in [3.63, 3.8) is 0 Å². The van der Waals surface area contributed by atoms with Crippen LogP contribution in [0.25, 0.3) is 11.0 Å². The Morgan fingerprint density at radius 3 is 2.64 bits per heavy atom. The molecule has 0 saturated carbocycles. The Hall–Kier alpha value is -1.82. The summed E-state index contributed by atoms with van der Waals surface area (Å²) in [5.74, 6) is 1.36. The highest BCUT2D eigenvalue weighted by atomic mass is 127. The van der Waals surface area contributed by atoms with Crippen LogP contribution in [0.2, 0.25) is 0 Å². The molecular formula is C18H20F3IN4OS. The summed E-state index contributed by atoms with van der Waals surface area (Å²) in [7, 11) is 1.63. The minimum atomic E-state index is -4.40. The van der Waals surface area contributed by atoms with Crippen LogP contribution in [0, 0.1) is 6.92 Å². The highest BCUT2D eigenvalue weighted by Gasteiger charge is 2.33. The average molecular weight is 524 g/mol. The number of nitrogens with one attached hydrogen (secondary N) is 2. The molecule has 10 heteroatoms.